The lowest BCUT2D eigenvalue weighted by molar-refractivity contribution is -0.143. The van der Waals surface area contributed by atoms with Gasteiger partial charge >= 0.3 is 0 Å². The molecule has 3 aromatic rings. The van der Waals surface area contributed by atoms with Gasteiger partial charge in [-0.1, -0.05) is 0 Å². The van der Waals surface area contributed by atoms with Crippen LogP contribution in [0.15, 0.2) is 31.0 Å². The molecule has 0 aliphatic carbocycles. The lowest BCUT2D eigenvalue weighted by Gasteiger charge is -2.49. The number of fused-ring (bicyclic) bond motifs is 1. The van der Waals surface area contributed by atoms with Gasteiger partial charge < -0.3 is 14.6 Å². The summed E-state index contributed by atoms with van der Waals surface area (Å²) in [5, 5.41) is 14.7. The molecule has 4 rings (SSSR count). The summed E-state index contributed by atoms with van der Waals surface area (Å²) in [5.41, 5.74) is 1.90. The van der Waals surface area contributed by atoms with E-state index in [-0.39, 0.29) is 24.7 Å². The van der Waals surface area contributed by atoms with Crippen molar-refractivity contribution in [3.8, 4) is 17.3 Å². The fourth-order valence-corrected chi connectivity index (χ4v) is 3.48. The maximum absolute atomic E-state index is 12.2. The Labute approximate surface area is 167 Å². The van der Waals surface area contributed by atoms with E-state index in [1.165, 1.54) is 6.33 Å². The van der Waals surface area contributed by atoms with Gasteiger partial charge in [-0.15, -0.1) is 12.4 Å². The molecule has 0 bridgehead atoms. The van der Waals surface area contributed by atoms with Crippen molar-refractivity contribution in [2.75, 3.05) is 26.8 Å². The van der Waals surface area contributed by atoms with Crippen LogP contribution < -0.4 is 0 Å². The molecule has 10 heteroatoms. The van der Waals surface area contributed by atoms with Gasteiger partial charge in [-0.05, 0) is 6.07 Å². The van der Waals surface area contributed by atoms with Gasteiger partial charge in [-0.2, -0.15) is 10.4 Å². The molecule has 0 aromatic carbocycles. The summed E-state index contributed by atoms with van der Waals surface area (Å²) in [6.07, 6.45) is 7.59. The first-order chi connectivity index (χ1) is 13.2. The van der Waals surface area contributed by atoms with Crippen LogP contribution in [0.4, 0.5) is 0 Å². The lowest BCUT2D eigenvalue weighted by Crippen LogP contribution is -2.64. The van der Waals surface area contributed by atoms with Gasteiger partial charge in [0.1, 0.15) is 17.5 Å². The van der Waals surface area contributed by atoms with E-state index < -0.39 is 5.54 Å². The number of carbonyl (C=O) groups is 1. The largest absolute Gasteiger partial charge is 0.384 e. The second-order valence-electron chi connectivity index (χ2n) is 6.69. The molecule has 1 saturated heterocycles. The van der Waals surface area contributed by atoms with Crippen molar-refractivity contribution in [3.05, 3.63) is 31.0 Å². The zero-order chi connectivity index (χ0) is 18.9. The van der Waals surface area contributed by atoms with Gasteiger partial charge in [-0.3, -0.25) is 9.48 Å². The monoisotopic (exact) mass is 401 g/mol. The van der Waals surface area contributed by atoms with E-state index in [1.54, 1.807) is 22.9 Å². The van der Waals surface area contributed by atoms with Crippen LogP contribution in [0.1, 0.15) is 12.8 Å². The summed E-state index contributed by atoms with van der Waals surface area (Å²) < 4.78 is 6.76. The van der Waals surface area contributed by atoms with Crippen LogP contribution in [-0.2, 0) is 15.1 Å². The second kappa shape index (κ2) is 7.96. The molecule has 3 aromatic heterocycles. The highest BCUT2D eigenvalue weighted by molar-refractivity contribution is 5.90. The highest BCUT2D eigenvalue weighted by Crippen LogP contribution is 2.34. The maximum atomic E-state index is 12.2. The third-order valence-electron chi connectivity index (χ3n) is 4.95. The number of aromatic nitrogens is 5. The van der Waals surface area contributed by atoms with Crippen LogP contribution in [0.5, 0.6) is 0 Å². The molecule has 0 radical (unpaired) electrons. The molecule has 0 saturated carbocycles. The Bertz CT molecular complexity index is 1020. The number of carbonyl (C=O) groups excluding carboxylic acids is 1. The minimum atomic E-state index is -0.500. The SMILES string of the molecule is COCCC(=O)N1CC(CC#N)(n2cc(-c3ncnc4[nH]ccc34)cn2)C1.Cl. The van der Waals surface area contributed by atoms with Crippen molar-refractivity contribution < 1.29 is 9.53 Å². The van der Waals surface area contributed by atoms with Gasteiger partial charge in [0.15, 0.2) is 0 Å². The van der Waals surface area contributed by atoms with Crippen LogP contribution in [0.3, 0.4) is 0 Å². The number of likely N-dealkylation sites (tertiary alicyclic amines) is 1. The molecule has 1 aliphatic heterocycles. The number of halogens is 1. The number of nitrogens with zero attached hydrogens (tertiary/aromatic N) is 6. The lowest BCUT2D eigenvalue weighted by atomic mass is 9.86. The number of hydrogen-bond donors (Lipinski definition) is 1. The van der Waals surface area contributed by atoms with Gasteiger partial charge in [0.05, 0.1) is 37.4 Å². The normalized spacial score (nSPS) is 14.9. The zero-order valence-electron chi connectivity index (χ0n) is 15.3. The van der Waals surface area contributed by atoms with Crippen molar-refractivity contribution >= 4 is 29.3 Å². The predicted octanol–water partition coefficient (Wildman–Crippen LogP) is 1.73. The Balaban J connectivity index is 0.00000225. The quantitative estimate of drug-likeness (QED) is 0.673. The van der Waals surface area contributed by atoms with Crippen LogP contribution in [0, 0.1) is 11.3 Å². The average Bonchev–Trinajstić information content (AvgIpc) is 3.31. The van der Waals surface area contributed by atoms with E-state index in [0.717, 1.165) is 22.3 Å². The number of methoxy groups -OCH3 is 1. The van der Waals surface area contributed by atoms with Gasteiger partial charge in [0, 0.05) is 43.5 Å². The number of amides is 1. The summed E-state index contributed by atoms with van der Waals surface area (Å²) >= 11 is 0. The van der Waals surface area contributed by atoms with Crippen LogP contribution in [-0.4, -0.2) is 62.3 Å². The van der Waals surface area contributed by atoms with E-state index in [1.807, 2.05) is 18.5 Å². The van der Waals surface area contributed by atoms with Crippen molar-refractivity contribution in [1.29, 1.82) is 5.26 Å². The Hall–Kier alpha value is -2.96. The zero-order valence-corrected chi connectivity index (χ0v) is 16.1. The average molecular weight is 402 g/mol. The van der Waals surface area contributed by atoms with Crippen molar-refractivity contribution in [1.82, 2.24) is 29.6 Å². The number of H-pyrrole nitrogens is 1. The molecular formula is C18H20ClN7O2. The minimum absolute atomic E-state index is 0. The molecule has 1 fully saturated rings. The van der Waals surface area contributed by atoms with Gasteiger partial charge in [0.2, 0.25) is 5.91 Å². The second-order valence-corrected chi connectivity index (χ2v) is 6.69. The minimum Gasteiger partial charge on any atom is -0.384 e. The summed E-state index contributed by atoms with van der Waals surface area (Å²) in [7, 11) is 1.57. The number of ether oxygens (including phenoxy) is 1. The van der Waals surface area contributed by atoms with Gasteiger partial charge in [0.25, 0.3) is 0 Å². The summed E-state index contributed by atoms with van der Waals surface area (Å²) in [5.74, 6) is 0.0302. The standard InChI is InChI=1S/C18H19N7O2.ClH/c1-27-7-3-15(26)24-10-18(11-24,4-5-19)25-9-13(8-23-25)16-14-2-6-20-17(14)22-12-21-16;/h2,6,8-9,12H,3-4,7,10-11H2,1H3,(H,20,21,22);1H. The molecule has 1 amide bonds. The Morgan fingerprint density at radius 1 is 1.43 bits per heavy atom. The van der Waals surface area contributed by atoms with Crippen LogP contribution in [0.2, 0.25) is 0 Å². The number of rotatable bonds is 6. The highest BCUT2D eigenvalue weighted by atomic mass is 35.5. The third-order valence-corrected chi connectivity index (χ3v) is 4.95. The molecule has 28 heavy (non-hydrogen) atoms. The van der Waals surface area contributed by atoms with E-state index in [9.17, 15) is 10.1 Å². The molecule has 146 valence electrons. The summed E-state index contributed by atoms with van der Waals surface area (Å²) in [6, 6.07) is 4.16. The number of hydrogen-bond acceptors (Lipinski definition) is 6. The Morgan fingerprint density at radius 2 is 2.25 bits per heavy atom. The highest BCUT2D eigenvalue weighted by Gasteiger charge is 2.47. The van der Waals surface area contributed by atoms with Crippen LogP contribution >= 0.6 is 12.4 Å². The fourth-order valence-electron chi connectivity index (χ4n) is 3.48. The smallest absolute Gasteiger partial charge is 0.225 e. The van der Waals surface area contributed by atoms with Crippen molar-refractivity contribution in [2.24, 2.45) is 0 Å². The molecule has 1 aliphatic rings. The Morgan fingerprint density at radius 3 is 3.00 bits per heavy atom. The third kappa shape index (κ3) is 3.32. The topological polar surface area (TPSA) is 113 Å². The number of nitriles is 1. The summed E-state index contributed by atoms with van der Waals surface area (Å²) in [4.78, 5) is 25.6. The number of nitrogens with one attached hydrogen (secondary N) is 1. The van der Waals surface area contributed by atoms with Gasteiger partial charge in [-0.25, -0.2) is 9.97 Å². The van der Waals surface area contributed by atoms with E-state index in [4.69, 9.17) is 4.74 Å². The first-order valence-electron chi connectivity index (χ1n) is 8.64. The first kappa shape index (κ1) is 19.8. The van der Waals surface area contributed by atoms with Crippen molar-refractivity contribution in [2.45, 2.75) is 18.4 Å². The molecule has 0 spiro atoms. The predicted molar refractivity (Wildman–Crippen MR) is 104 cm³/mol. The van der Waals surface area contributed by atoms with Crippen molar-refractivity contribution in [3.63, 3.8) is 0 Å². The molecule has 4 heterocycles. The fraction of sp³-hybridized carbons (Fsp3) is 0.389. The summed E-state index contributed by atoms with van der Waals surface area (Å²) in [6.45, 7) is 1.33. The first-order valence-corrected chi connectivity index (χ1v) is 8.64. The molecular weight excluding hydrogens is 382 g/mol. The molecule has 9 nitrogen and oxygen atoms in total. The molecule has 0 unspecified atom stereocenters. The number of aromatic amines is 1. The van der Waals surface area contributed by atoms with Crippen LogP contribution in [0.25, 0.3) is 22.3 Å². The van der Waals surface area contributed by atoms with E-state index in [2.05, 4.69) is 26.1 Å². The maximum Gasteiger partial charge on any atom is 0.225 e. The van der Waals surface area contributed by atoms with E-state index in [0.29, 0.717) is 26.1 Å². The van der Waals surface area contributed by atoms with E-state index >= 15 is 0 Å². The molecule has 0 atom stereocenters. The Kier molecular flexibility index (Phi) is 5.63. The molecule has 1 N–H and O–H groups in total.